The Labute approximate surface area is 254 Å². The molecule has 2 aliphatic rings. The van der Waals surface area contributed by atoms with E-state index in [1.165, 1.54) is 30.3 Å². The molecule has 2 fully saturated rings. The first kappa shape index (κ1) is 32.1. The van der Waals surface area contributed by atoms with Crippen molar-refractivity contribution in [2.45, 2.75) is 68.3 Å². The van der Waals surface area contributed by atoms with E-state index >= 15 is 4.39 Å². The van der Waals surface area contributed by atoms with Crippen molar-refractivity contribution in [1.82, 2.24) is 9.62 Å². The van der Waals surface area contributed by atoms with Gasteiger partial charge in [-0.1, -0.05) is 18.2 Å². The SMILES string of the molecule is CC1CNCC(CCCc2c(F)cccc2NC(=O)C(N)C(c2ccc(F)cc2)c2cc(F)cc(F)c2)N1S(=O)(=O)C1CC1. The molecule has 4 atom stereocenters. The molecule has 44 heavy (non-hydrogen) atoms. The van der Waals surface area contributed by atoms with Gasteiger partial charge in [0, 0.05) is 48.4 Å². The number of carbonyl (C=O) groups is 1. The summed E-state index contributed by atoms with van der Waals surface area (Å²) in [4.78, 5) is 13.5. The summed E-state index contributed by atoms with van der Waals surface area (Å²) in [5.74, 6) is -4.58. The summed E-state index contributed by atoms with van der Waals surface area (Å²) in [6.07, 6.45) is 2.50. The number of carbonyl (C=O) groups excluding carboxylic acids is 1. The number of halogens is 4. The fourth-order valence-electron chi connectivity index (χ4n) is 6.07. The Bertz CT molecular complexity index is 1580. The van der Waals surface area contributed by atoms with E-state index in [1.54, 1.807) is 4.31 Å². The molecular weight excluding hydrogens is 596 g/mol. The number of hydrogen-bond acceptors (Lipinski definition) is 5. The lowest BCUT2D eigenvalue weighted by Crippen LogP contribution is -2.58. The molecule has 4 unspecified atom stereocenters. The van der Waals surface area contributed by atoms with Crippen molar-refractivity contribution in [2.75, 3.05) is 18.4 Å². The standard InChI is InChI=1S/C32H36F4N4O3S/c1-19-17-38-18-25(40(19)44(42,43)26-12-13-26)4-2-5-27-28(36)6-3-7-29(27)39-32(41)31(37)30(20-8-10-22(33)11-9-20)21-14-23(34)16-24(35)15-21/h3,6-11,14-16,19,25-26,30-31,38H,2,4-5,12-13,17-18,37H2,1H3,(H,39,41). The van der Waals surface area contributed by atoms with E-state index in [2.05, 4.69) is 10.6 Å². The minimum atomic E-state index is -3.41. The van der Waals surface area contributed by atoms with Gasteiger partial charge in [0.05, 0.1) is 11.3 Å². The molecule has 12 heteroatoms. The number of nitrogens with two attached hydrogens (primary N) is 1. The Morgan fingerprint density at radius 2 is 1.66 bits per heavy atom. The maximum Gasteiger partial charge on any atom is 0.242 e. The first-order valence-electron chi connectivity index (χ1n) is 14.7. The highest BCUT2D eigenvalue weighted by atomic mass is 32.2. The molecule has 0 radical (unpaired) electrons. The average Bonchev–Trinajstić information content (AvgIpc) is 3.82. The molecule has 4 N–H and O–H groups in total. The van der Waals surface area contributed by atoms with Crippen LogP contribution in [0.3, 0.4) is 0 Å². The molecule has 5 rings (SSSR count). The Balaban J connectivity index is 1.33. The first-order valence-corrected chi connectivity index (χ1v) is 16.2. The second-order valence-corrected chi connectivity index (χ2v) is 13.8. The van der Waals surface area contributed by atoms with Crippen LogP contribution in [0.1, 0.15) is 55.2 Å². The minimum Gasteiger partial charge on any atom is -0.324 e. The lowest BCUT2D eigenvalue weighted by atomic mass is 9.84. The van der Waals surface area contributed by atoms with Gasteiger partial charge in [0.1, 0.15) is 23.3 Å². The summed E-state index contributed by atoms with van der Waals surface area (Å²) in [6.45, 7) is 2.94. The molecule has 1 heterocycles. The molecule has 0 spiro atoms. The van der Waals surface area contributed by atoms with Crippen molar-refractivity contribution >= 4 is 21.6 Å². The second kappa shape index (κ2) is 13.4. The first-order chi connectivity index (χ1) is 21.0. The fourth-order valence-corrected chi connectivity index (χ4v) is 8.32. The Morgan fingerprint density at radius 1 is 0.977 bits per heavy atom. The number of anilines is 1. The molecule has 7 nitrogen and oxygen atoms in total. The summed E-state index contributed by atoms with van der Waals surface area (Å²) in [6, 6.07) is 10.3. The van der Waals surface area contributed by atoms with Gasteiger partial charge in [0.25, 0.3) is 0 Å². The van der Waals surface area contributed by atoms with Gasteiger partial charge in [0.2, 0.25) is 15.9 Å². The highest BCUT2D eigenvalue weighted by Crippen LogP contribution is 2.35. The van der Waals surface area contributed by atoms with E-state index in [9.17, 15) is 26.4 Å². The van der Waals surface area contributed by atoms with Crippen LogP contribution in [0.5, 0.6) is 0 Å². The Morgan fingerprint density at radius 3 is 2.32 bits per heavy atom. The summed E-state index contributed by atoms with van der Waals surface area (Å²) >= 11 is 0. The molecule has 0 aromatic heterocycles. The van der Waals surface area contributed by atoms with Crippen LogP contribution in [0.4, 0.5) is 23.2 Å². The van der Waals surface area contributed by atoms with Crippen LogP contribution in [0.25, 0.3) is 0 Å². The molecule has 1 amide bonds. The van der Waals surface area contributed by atoms with Crippen molar-refractivity contribution in [2.24, 2.45) is 5.73 Å². The Hall–Kier alpha value is -3.32. The predicted molar refractivity (Wildman–Crippen MR) is 160 cm³/mol. The molecule has 3 aromatic carbocycles. The Kier molecular flexibility index (Phi) is 9.74. The minimum absolute atomic E-state index is 0.0808. The smallest absolute Gasteiger partial charge is 0.242 e. The summed E-state index contributed by atoms with van der Waals surface area (Å²) < 4.78 is 85.0. The van der Waals surface area contributed by atoms with Gasteiger partial charge in [-0.15, -0.1) is 0 Å². The predicted octanol–water partition coefficient (Wildman–Crippen LogP) is 4.82. The van der Waals surface area contributed by atoms with Gasteiger partial charge in [-0.2, -0.15) is 4.31 Å². The zero-order valence-corrected chi connectivity index (χ0v) is 25.1. The van der Waals surface area contributed by atoms with E-state index in [0.29, 0.717) is 50.4 Å². The van der Waals surface area contributed by atoms with Crippen molar-refractivity contribution in [3.8, 4) is 0 Å². The molecule has 3 aromatic rings. The molecule has 1 saturated carbocycles. The number of amides is 1. The monoisotopic (exact) mass is 632 g/mol. The van der Waals surface area contributed by atoms with Crippen LogP contribution in [0, 0.1) is 23.3 Å². The number of rotatable bonds is 11. The number of hydrogen-bond donors (Lipinski definition) is 3. The number of sulfonamides is 1. The van der Waals surface area contributed by atoms with Gasteiger partial charge < -0.3 is 16.4 Å². The van der Waals surface area contributed by atoms with Crippen molar-refractivity contribution in [3.63, 3.8) is 0 Å². The van der Waals surface area contributed by atoms with Crippen LogP contribution in [-0.4, -0.2) is 55.1 Å². The number of piperazine rings is 1. The molecule has 236 valence electrons. The molecular formula is C32H36F4N4O3S. The second-order valence-electron chi connectivity index (χ2n) is 11.6. The van der Waals surface area contributed by atoms with E-state index < -0.39 is 51.2 Å². The number of nitrogens with one attached hydrogen (secondary N) is 2. The quantitative estimate of drug-likeness (QED) is 0.263. The topological polar surface area (TPSA) is 105 Å². The average molecular weight is 633 g/mol. The van der Waals surface area contributed by atoms with E-state index in [0.717, 1.165) is 24.3 Å². The van der Waals surface area contributed by atoms with Crippen molar-refractivity contribution < 1.29 is 30.8 Å². The van der Waals surface area contributed by atoms with E-state index in [-0.39, 0.29) is 40.6 Å². The van der Waals surface area contributed by atoms with Gasteiger partial charge in [-0.25, -0.2) is 26.0 Å². The maximum absolute atomic E-state index is 15.1. The molecule has 0 bridgehead atoms. The number of nitrogens with zero attached hydrogens (tertiary/aromatic N) is 1. The third kappa shape index (κ3) is 7.14. The van der Waals surface area contributed by atoms with Crippen LogP contribution in [0.15, 0.2) is 60.7 Å². The van der Waals surface area contributed by atoms with Crippen LogP contribution < -0.4 is 16.4 Å². The maximum atomic E-state index is 15.1. The van der Waals surface area contributed by atoms with Crippen LogP contribution in [-0.2, 0) is 21.2 Å². The van der Waals surface area contributed by atoms with Gasteiger partial charge in [-0.05, 0) is 86.6 Å². The lowest BCUT2D eigenvalue weighted by Gasteiger charge is -2.40. The van der Waals surface area contributed by atoms with E-state index in [1.807, 2.05) is 6.92 Å². The zero-order chi connectivity index (χ0) is 31.6. The van der Waals surface area contributed by atoms with Crippen LogP contribution >= 0.6 is 0 Å². The van der Waals surface area contributed by atoms with Gasteiger partial charge >= 0.3 is 0 Å². The third-order valence-corrected chi connectivity index (χ3v) is 10.9. The van der Waals surface area contributed by atoms with Crippen molar-refractivity contribution in [1.29, 1.82) is 0 Å². The van der Waals surface area contributed by atoms with Gasteiger partial charge in [0.15, 0.2) is 0 Å². The lowest BCUT2D eigenvalue weighted by molar-refractivity contribution is -0.117. The molecule has 1 aliphatic carbocycles. The summed E-state index contributed by atoms with van der Waals surface area (Å²) in [5, 5.41) is 5.64. The largest absolute Gasteiger partial charge is 0.324 e. The zero-order valence-electron chi connectivity index (χ0n) is 24.3. The summed E-state index contributed by atoms with van der Waals surface area (Å²) in [7, 11) is -3.41. The third-order valence-electron chi connectivity index (χ3n) is 8.33. The fraction of sp³-hybridized carbons (Fsp3) is 0.406. The summed E-state index contributed by atoms with van der Waals surface area (Å²) in [5.41, 5.74) is 7.24. The molecule has 1 saturated heterocycles. The van der Waals surface area contributed by atoms with Gasteiger partial charge in [-0.3, -0.25) is 4.79 Å². The normalized spacial score (nSPS) is 20.7. The molecule has 1 aliphatic heterocycles. The highest BCUT2D eigenvalue weighted by Gasteiger charge is 2.45. The van der Waals surface area contributed by atoms with E-state index in [4.69, 9.17) is 5.73 Å². The number of benzene rings is 3. The van der Waals surface area contributed by atoms with Crippen molar-refractivity contribution in [3.05, 3.63) is 101 Å². The van der Waals surface area contributed by atoms with Crippen LogP contribution in [0.2, 0.25) is 0 Å². The highest BCUT2D eigenvalue weighted by molar-refractivity contribution is 7.90.